The molecule has 0 aliphatic heterocycles. The number of benzene rings is 2. The van der Waals surface area contributed by atoms with Crippen LogP contribution in [0.3, 0.4) is 0 Å². The molecule has 0 aliphatic carbocycles. The zero-order valence-electron chi connectivity index (χ0n) is 17.6. The predicted molar refractivity (Wildman–Crippen MR) is 120 cm³/mol. The van der Waals surface area contributed by atoms with Gasteiger partial charge in [0, 0.05) is 37.1 Å². The van der Waals surface area contributed by atoms with Gasteiger partial charge in [0.15, 0.2) is 0 Å². The highest BCUT2D eigenvalue weighted by Crippen LogP contribution is 2.17. The molecule has 0 fully saturated rings. The highest BCUT2D eigenvalue weighted by atomic mass is 32.2. The van der Waals surface area contributed by atoms with Crippen molar-refractivity contribution in [3.8, 4) is 0 Å². The summed E-state index contributed by atoms with van der Waals surface area (Å²) in [6, 6.07) is 17.1. The quantitative estimate of drug-likeness (QED) is 0.454. The third-order valence-electron chi connectivity index (χ3n) is 4.77. The number of pyridine rings is 1. The summed E-state index contributed by atoms with van der Waals surface area (Å²) in [5, 5.41) is 4.12. The largest absolute Gasteiger partial charge is 0.271 e. The first-order valence-electron chi connectivity index (χ1n) is 9.64. The second-order valence-corrected chi connectivity index (χ2v) is 9.19. The van der Waals surface area contributed by atoms with Crippen LogP contribution < -0.4 is 5.43 Å². The van der Waals surface area contributed by atoms with Crippen molar-refractivity contribution in [2.24, 2.45) is 5.10 Å². The fraction of sp³-hybridized carbons (Fsp3) is 0.174. The number of rotatable bonds is 7. The van der Waals surface area contributed by atoms with Crippen LogP contribution in [-0.2, 0) is 16.6 Å². The number of hydrazone groups is 1. The Labute approximate surface area is 182 Å². The Balaban J connectivity index is 1.64. The minimum atomic E-state index is -3.59. The molecule has 0 bridgehead atoms. The molecule has 7 nitrogen and oxygen atoms in total. The van der Waals surface area contributed by atoms with Gasteiger partial charge in [-0.2, -0.15) is 9.41 Å². The van der Waals surface area contributed by atoms with Gasteiger partial charge in [-0.3, -0.25) is 9.78 Å². The van der Waals surface area contributed by atoms with Gasteiger partial charge in [0.25, 0.3) is 5.91 Å². The monoisotopic (exact) mass is 436 g/mol. The van der Waals surface area contributed by atoms with Crippen molar-refractivity contribution < 1.29 is 13.2 Å². The van der Waals surface area contributed by atoms with Crippen molar-refractivity contribution in [1.29, 1.82) is 0 Å². The first-order valence-corrected chi connectivity index (χ1v) is 11.1. The summed E-state index contributed by atoms with van der Waals surface area (Å²) in [6.45, 7) is 3.89. The minimum absolute atomic E-state index is 0.192. The summed E-state index contributed by atoms with van der Waals surface area (Å²) < 4.78 is 26.8. The fourth-order valence-electron chi connectivity index (χ4n) is 2.85. The van der Waals surface area contributed by atoms with Crippen molar-refractivity contribution in [2.45, 2.75) is 25.3 Å². The molecule has 160 valence electrons. The van der Waals surface area contributed by atoms with Crippen LogP contribution in [0.25, 0.3) is 0 Å². The van der Waals surface area contributed by atoms with E-state index in [1.807, 2.05) is 6.92 Å². The van der Waals surface area contributed by atoms with Gasteiger partial charge < -0.3 is 0 Å². The van der Waals surface area contributed by atoms with Gasteiger partial charge in [-0.15, -0.1) is 0 Å². The number of carbonyl (C=O) groups excluding carboxylic acids is 1. The molecule has 8 heteroatoms. The SMILES string of the molecule is C/C(=N/NC(=O)c1ccc(CN(C)S(=O)(=O)c2ccc(C)cc2)cc1)c1ccncc1. The Hall–Kier alpha value is -3.36. The Bertz CT molecular complexity index is 1170. The van der Waals surface area contributed by atoms with E-state index in [1.165, 1.54) is 11.4 Å². The molecule has 1 N–H and O–H groups in total. The lowest BCUT2D eigenvalue weighted by Crippen LogP contribution is -2.26. The zero-order valence-corrected chi connectivity index (χ0v) is 18.4. The lowest BCUT2D eigenvalue weighted by atomic mass is 10.1. The van der Waals surface area contributed by atoms with E-state index in [0.29, 0.717) is 11.3 Å². The molecular weight excluding hydrogens is 412 g/mol. The summed E-state index contributed by atoms with van der Waals surface area (Å²) in [5.74, 6) is -0.347. The minimum Gasteiger partial charge on any atom is -0.267 e. The van der Waals surface area contributed by atoms with Crippen molar-refractivity contribution in [2.75, 3.05) is 7.05 Å². The van der Waals surface area contributed by atoms with E-state index in [-0.39, 0.29) is 17.3 Å². The molecular formula is C23H24N4O3S. The van der Waals surface area contributed by atoms with E-state index in [1.54, 1.807) is 80.0 Å². The summed E-state index contributed by atoms with van der Waals surface area (Å²) in [7, 11) is -2.06. The normalized spacial score (nSPS) is 12.1. The Kier molecular flexibility index (Phi) is 6.94. The first-order chi connectivity index (χ1) is 14.8. The summed E-state index contributed by atoms with van der Waals surface area (Å²) >= 11 is 0. The van der Waals surface area contributed by atoms with E-state index in [2.05, 4.69) is 15.5 Å². The molecule has 0 radical (unpaired) electrons. The lowest BCUT2D eigenvalue weighted by Gasteiger charge is -2.17. The number of nitrogens with one attached hydrogen (secondary N) is 1. The molecule has 1 amide bonds. The summed E-state index contributed by atoms with van der Waals surface area (Å²) in [6.07, 6.45) is 3.32. The first kappa shape index (κ1) is 22.3. The van der Waals surface area contributed by atoms with Crippen LogP contribution >= 0.6 is 0 Å². The maximum atomic E-state index is 12.7. The lowest BCUT2D eigenvalue weighted by molar-refractivity contribution is 0.0955. The van der Waals surface area contributed by atoms with E-state index < -0.39 is 10.0 Å². The maximum absolute atomic E-state index is 12.7. The third kappa shape index (κ3) is 5.62. The van der Waals surface area contributed by atoms with E-state index in [0.717, 1.165) is 16.7 Å². The number of nitrogens with zero attached hydrogens (tertiary/aromatic N) is 3. The molecule has 0 unspecified atom stereocenters. The van der Waals surface area contributed by atoms with Crippen LogP contribution in [0.4, 0.5) is 0 Å². The predicted octanol–water partition coefficient (Wildman–Crippen LogP) is 3.36. The molecule has 1 heterocycles. The maximum Gasteiger partial charge on any atom is 0.271 e. The van der Waals surface area contributed by atoms with Crippen LogP contribution in [0.1, 0.15) is 34.0 Å². The number of hydrogen-bond donors (Lipinski definition) is 1. The molecule has 0 saturated heterocycles. The second-order valence-electron chi connectivity index (χ2n) is 7.15. The average Bonchev–Trinajstić information content (AvgIpc) is 2.78. The van der Waals surface area contributed by atoms with Crippen LogP contribution in [0, 0.1) is 6.92 Å². The molecule has 2 aromatic carbocycles. The van der Waals surface area contributed by atoms with Gasteiger partial charge in [0.1, 0.15) is 0 Å². The molecule has 31 heavy (non-hydrogen) atoms. The number of aromatic nitrogens is 1. The molecule has 3 aromatic rings. The number of carbonyl (C=O) groups is 1. The standard InChI is InChI=1S/C23H24N4O3S/c1-17-4-10-22(11-5-17)31(29,30)27(3)16-19-6-8-21(9-7-19)23(28)26-25-18(2)20-12-14-24-15-13-20/h4-15H,16H2,1-3H3,(H,26,28)/b25-18-. The number of sulfonamides is 1. The Morgan fingerprint density at radius 3 is 2.19 bits per heavy atom. The van der Waals surface area contributed by atoms with Gasteiger partial charge in [0.05, 0.1) is 10.6 Å². The van der Waals surface area contributed by atoms with Crippen molar-refractivity contribution >= 4 is 21.6 Å². The van der Waals surface area contributed by atoms with Gasteiger partial charge >= 0.3 is 0 Å². The van der Waals surface area contributed by atoms with E-state index >= 15 is 0 Å². The fourth-order valence-corrected chi connectivity index (χ4v) is 4.01. The van der Waals surface area contributed by atoms with Gasteiger partial charge in [-0.25, -0.2) is 13.8 Å². The Morgan fingerprint density at radius 1 is 0.968 bits per heavy atom. The number of hydrogen-bond acceptors (Lipinski definition) is 5. The van der Waals surface area contributed by atoms with Gasteiger partial charge in [-0.1, -0.05) is 29.8 Å². The summed E-state index contributed by atoms with van der Waals surface area (Å²) in [5.41, 5.74) is 6.25. The Morgan fingerprint density at radius 2 is 1.58 bits per heavy atom. The smallest absolute Gasteiger partial charge is 0.267 e. The van der Waals surface area contributed by atoms with Crippen LogP contribution in [0.15, 0.2) is 83.1 Å². The molecule has 1 aromatic heterocycles. The molecule has 0 spiro atoms. The number of amides is 1. The molecule has 0 aliphatic rings. The van der Waals surface area contributed by atoms with Crippen LogP contribution in [0.2, 0.25) is 0 Å². The molecule has 0 saturated carbocycles. The highest BCUT2D eigenvalue weighted by molar-refractivity contribution is 7.89. The van der Waals surface area contributed by atoms with Gasteiger partial charge in [-0.05, 0) is 55.8 Å². The molecule has 0 atom stereocenters. The zero-order chi connectivity index (χ0) is 22.4. The average molecular weight is 437 g/mol. The van der Waals surface area contributed by atoms with Crippen molar-refractivity contribution in [1.82, 2.24) is 14.7 Å². The van der Waals surface area contributed by atoms with E-state index in [9.17, 15) is 13.2 Å². The topological polar surface area (TPSA) is 91.7 Å². The summed E-state index contributed by atoms with van der Waals surface area (Å²) in [4.78, 5) is 16.5. The molecule has 3 rings (SSSR count). The van der Waals surface area contributed by atoms with Crippen LogP contribution in [0.5, 0.6) is 0 Å². The number of aryl methyl sites for hydroxylation is 1. The second kappa shape index (κ2) is 9.63. The third-order valence-corrected chi connectivity index (χ3v) is 6.59. The van der Waals surface area contributed by atoms with Crippen molar-refractivity contribution in [3.63, 3.8) is 0 Å². The van der Waals surface area contributed by atoms with Crippen molar-refractivity contribution in [3.05, 3.63) is 95.3 Å². The van der Waals surface area contributed by atoms with Crippen LogP contribution in [-0.4, -0.2) is 36.4 Å². The van der Waals surface area contributed by atoms with E-state index in [4.69, 9.17) is 0 Å². The van der Waals surface area contributed by atoms with Gasteiger partial charge in [0.2, 0.25) is 10.0 Å². The highest BCUT2D eigenvalue weighted by Gasteiger charge is 2.20.